The van der Waals surface area contributed by atoms with E-state index in [2.05, 4.69) is 49.0 Å². The summed E-state index contributed by atoms with van der Waals surface area (Å²) in [6, 6.07) is 24.2. The summed E-state index contributed by atoms with van der Waals surface area (Å²) in [6.45, 7) is 2.99. The summed E-state index contributed by atoms with van der Waals surface area (Å²) in [5.74, 6) is 1.98. The number of hydrogen-bond donors (Lipinski definition) is 2. The number of hydrogen-bond acceptors (Lipinski definition) is 6. The maximum atomic E-state index is 13.7. The lowest BCUT2D eigenvalue weighted by molar-refractivity contribution is -0.126. The third-order valence-electron chi connectivity index (χ3n) is 7.58. The van der Waals surface area contributed by atoms with Gasteiger partial charge in [0.2, 0.25) is 5.91 Å². The van der Waals surface area contributed by atoms with Gasteiger partial charge in [-0.3, -0.25) is 9.69 Å². The largest absolute Gasteiger partial charge is 0.392 e. The molecule has 1 saturated heterocycles. The van der Waals surface area contributed by atoms with Crippen molar-refractivity contribution >= 4 is 36.5 Å². The van der Waals surface area contributed by atoms with E-state index in [1.165, 1.54) is 5.56 Å². The van der Waals surface area contributed by atoms with Gasteiger partial charge in [-0.2, -0.15) is 12.6 Å². The molecule has 1 N–H and O–H groups in total. The number of aliphatic hydroxyl groups excluding tert-OH is 1. The Morgan fingerprint density at radius 1 is 0.897 bits per heavy atom. The molecule has 4 aromatic rings. The highest BCUT2D eigenvalue weighted by atomic mass is 32.1. The fourth-order valence-electron chi connectivity index (χ4n) is 5.43. The predicted octanol–water partition coefficient (Wildman–Crippen LogP) is 4.95. The second kappa shape index (κ2) is 10.3. The van der Waals surface area contributed by atoms with Crippen molar-refractivity contribution in [3.8, 4) is 0 Å². The number of amides is 1. The van der Waals surface area contributed by atoms with E-state index in [-0.39, 0.29) is 18.9 Å². The number of aliphatic imine (C=N–C) groups is 2. The van der Waals surface area contributed by atoms with Crippen LogP contribution in [0.15, 0.2) is 89.1 Å². The first kappa shape index (κ1) is 25.3. The van der Waals surface area contributed by atoms with Crippen molar-refractivity contribution in [3.63, 3.8) is 0 Å². The van der Waals surface area contributed by atoms with Gasteiger partial charge in [-0.1, -0.05) is 78.4 Å². The first-order valence-electron chi connectivity index (χ1n) is 12.9. The molecular formula is C31H29N5O2S. The quantitative estimate of drug-likeness (QED) is 0.329. The van der Waals surface area contributed by atoms with E-state index in [9.17, 15) is 9.90 Å². The molecule has 1 fully saturated rings. The van der Waals surface area contributed by atoms with Crippen molar-refractivity contribution in [2.45, 2.75) is 44.2 Å². The minimum absolute atomic E-state index is 0.0151. The maximum absolute atomic E-state index is 13.7. The zero-order valence-corrected chi connectivity index (χ0v) is 22.6. The molecule has 1 atom stereocenters. The lowest BCUT2D eigenvalue weighted by atomic mass is 9.75. The van der Waals surface area contributed by atoms with Gasteiger partial charge < -0.3 is 9.67 Å². The molecule has 7 nitrogen and oxygen atoms in total. The van der Waals surface area contributed by atoms with E-state index in [0.717, 1.165) is 27.8 Å². The Morgan fingerprint density at radius 3 is 2.23 bits per heavy atom. The summed E-state index contributed by atoms with van der Waals surface area (Å²) in [5.41, 5.74) is 5.97. The molecule has 1 aromatic heterocycles. The molecule has 1 unspecified atom stereocenters. The first-order chi connectivity index (χ1) is 19.0. The number of likely N-dealkylation sites (tertiary alicyclic amines) is 1. The number of carbonyl (C=O) groups excluding carboxylic acids is 1. The molecule has 3 heterocycles. The van der Waals surface area contributed by atoms with Gasteiger partial charge in [0.15, 0.2) is 5.82 Å². The Morgan fingerprint density at radius 2 is 1.54 bits per heavy atom. The van der Waals surface area contributed by atoms with E-state index < -0.39 is 5.41 Å². The van der Waals surface area contributed by atoms with Crippen LogP contribution in [-0.2, 0) is 35.7 Å². The van der Waals surface area contributed by atoms with Gasteiger partial charge in [-0.25, -0.2) is 15.0 Å². The van der Waals surface area contributed by atoms with E-state index >= 15 is 0 Å². The van der Waals surface area contributed by atoms with E-state index in [1.807, 2.05) is 47.9 Å². The molecule has 0 bridgehead atoms. The molecule has 8 heteroatoms. The Labute approximate surface area is 233 Å². The molecule has 0 spiro atoms. The number of benzene rings is 3. The monoisotopic (exact) mass is 535 g/mol. The van der Waals surface area contributed by atoms with Gasteiger partial charge in [0.25, 0.3) is 0 Å². The van der Waals surface area contributed by atoms with Gasteiger partial charge in [0.05, 0.1) is 26.0 Å². The summed E-state index contributed by atoms with van der Waals surface area (Å²) < 4.78 is 2.01. The third kappa shape index (κ3) is 4.49. The van der Waals surface area contributed by atoms with Gasteiger partial charge in [-0.05, 0) is 34.7 Å². The van der Waals surface area contributed by atoms with E-state index in [1.54, 1.807) is 17.6 Å². The molecule has 6 rings (SSSR count). The minimum atomic E-state index is -0.900. The van der Waals surface area contributed by atoms with Gasteiger partial charge in [0.1, 0.15) is 23.3 Å². The maximum Gasteiger partial charge on any atom is 0.230 e. The van der Waals surface area contributed by atoms with E-state index in [4.69, 9.17) is 15.0 Å². The molecule has 0 saturated carbocycles. The molecule has 0 radical (unpaired) electrons. The highest BCUT2D eigenvalue weighted by Crippen LogP contribution is 2.47. The smallest absolute Gasteiger partial charge is 0.230 e. The van der Waals surface area contributed by atoms with Crippen LogP contribution in [0, 0.1) is 6.92 Å². The van der Waals surface area contributed by atoms with Crippen LogP contribution in [0.2, 0.25) is 0 Å². The van der Waals surface area contributed by atoms with Crippen molar-refractivity contribution in [2.24, 2.45) is 9.98 Å². The number of nitrogens with zero attached hydrogens (tertiary/aromatic N) is 5. The molecule has 0 aliphatic carbocycles. The van der Waals surface area contributed by atoms with Crippen LogP contribution in [0.1, 0.15) is 45.5 Å². The van der Waals surface area contributed by atoms with Gasteiger partial charge in [-0.15, -0.1) is 0 Å². The number of aryl methyl sites for hydroxylation is 1. The van der Waals surface area contributed by atoms with Crippen LogP contribution in [0.5, 0.6) is 0 Å². The van der Waals surface area contributed by atoms with Crippen LogP contribution in [0.3, 0.4) is 0 Å². The fraction of sp³-hybridized carbons (Fsp3) is 0.226. The SMILES string of the molecule is Cc1ccc(CN2C(=O)CC3(c4ccc(CO)cc4)C2=NC=Nc2c3ncn2Cc2ccc(CS)cc2)cc1. The normalized spacial score (nSPS) is 18.1. The zero-order valence-electron chi connectivity index (χ0n) is 21.7. The van der Waals surface area contributed by atoms with Gasteiger partial charge >= 0.3 is 0 Å². The number of aliphatic hydroxyl groups is 1. The first-order valence-corrected chi connectivity index (χ1v) is 13.6. The zero-order chi connectivity index (χ0) is 27.0. The standard InChI is InChI=1S/C31H29N5O2S/c1-21-2-4-23(5-3-21)16-36-27(38)14-31(26-12-10-24(17-37)11-13-26)28-29(32-19-33-30(31)36)35(20-34-28)15-22-6-8-25(18-39)9-7-22/h2-13,19-20,37,39H,14-18H2,1H3. The summed E-state index contributed by atoms with van der Waals surface area (Å²) in [4.78, 5) is 29.9. The van der Waals surface area contributed by atoms with Crippen molar-refractivity contribution in [2.75, 3.05) is 0 Å². The summed E-state index contributed by atoms with van der Waals surface area (Å²) >= 11 is 4.36. The van der Waals surface area contributed by atoms with Crippen LogP contribution in [-0.4, -0.2) is 37.6 Å². The van der Waals surface area contributed by atoms with Crippen LogP contribution >= 0.6 is 12.6 Å². The average Bonchev–Trinajstić information content (AvgIpc) is 3.43. The van der Waals surface area contributed by atoms with Crippen molar-refractivity contribution in [1.29, 1.82) is 0 Å². The number of amidine groups is 1. The second-order valence-corrected chi connectivity index (χ2v) is 10.4. The molecule has 3 aromatic carbocycles. The highest BCUT2D eigenvalue weighted by molar-refractivity contribution is 7.79. The molecule has 1 amide bonds. The predicted molar refractivity (Wildman–Crippen MR) is 156 cm³/mol. The Kier molecular flexibility index (Phi) is 6.66. The molecule has 196 valence electrons. The van der Waals surface area contributed by atoms with Crippen LogP contribution < -0.4 is 0 Å². The number of aromatic nitrogens is 2. The summed E-state index contributed by atoms with van der Waals surface area (Å²) in [7, 11) is 0. The minimum Gasteiger partial charge on any atom is -0.392 e. The molecule has 2 aliphatic heterocycles. The Hall–Kier alpha value is -4.01. The van der Waals surface area contributed by atoms with Gasteiger partial charge in [0, 0.05) is 12.2 Å². The van der Waals surface area contributed by atoms with Crippen molar-refractivity contribution in [1.82, 2.24) is 14.5 Å². The molecular weight excluding hydrogens is 506 g/mol. The lowest BCUT2D eigenvalue weighted by Crippen LogP contribution is -2.39. The van der Waals surface area contributed by atoms with Crippen LogP contribution in [0.4, 0.5) is 5.82 Å². The van der Waals surface area contributed by atoms with Crippen LogP contribution in [0.25, 0.3) is 0 Å². The lowest BCUT2D eigenvalue weighted by Gasteiger charge is -2.29. The number of imidazole rings is 1. The average molecular weight is 536 g/mol. The number of thiol groups is 1. The Bertz CT molecular complexity index is 1570. The Balaban J connectivity index is 1.45. The van der Waals surface area contributed by atoms with E-state index in [0.29, 0.717) is 36.2 Å². The topological polar surface area (TPSA) is 83.1 Å². The molecule has 39 heavy (non-hydrogen) atoms. The molecule has 2 aliphatic rings. The van der Waals surface area contributed by atoms with Crippen molar-refractivity contribution < 1.29 is 9.90 Å². The summed E-state index contributed by atoms with van der Waals surface area (Å²) in [6.07, 6.45) is 3.54. The second-order valence-electron chi connectivity index (χ2n) is 10.1. The third-order valence-corrected chi connectivity index (χ3v) is 7.94. The fourth-order valence-corrected chi connectivity index (χ4v) is 5.64. The summed E-state index contributed by atoms with van der Waals surface area (Å²) in [5, 5.41) is 9.65. The number of fused-ring (bicyclic) bond motifs is 3. The number of rotatable bonds is 7. The van der Waals surface area contributed by atoms with Crippen molar-refractivity contribution in [3.05, 3.63) is 118 Å². The number of carbonyl (C=O) groups is 1. The highest BCUT2D eigenvalue weighted by Gasteiger charge is 2.55.